The van der Waals surface area contributed by atoms with Crippen LogP contribution in [0.5, 0.6) is 0 Å². The Morgan fingerprint density at radius 3 is 2.19 bits per heavy atom. The molecule has 194 valence electrons. The van der Waals surface area contributed by atoms with E-state index >= 15 is 0 Å². The predicted molar refractivity (Wildman–Crippen MR) is 156 cm³/mol. The summed E-state index contributed by atoms with van der Waals surface area (Å²) in [6, 6.07) is 27.8. The van der Waals surface area contributed by atoms with Crippen LogP contribution in [0.2, 0.25) is 0 Å². The van der Waals surface area contributed by atoms with Crippen molar-refractivity contribution in [1.29, 1.82) is 0 Å². The van der Waals surface area contributed by atoms with Gasteiger partial charge < -0.3 is 10.2 Å². The summed E-state index contributed by atoms with van der Waals surface area (Å²) in [4.78, 5) is 29.4. The van der Waals surface area contributed by atoms with Gasteiger partial charge >= 0.3 is 0 Å². The summed E-state index contributed by atoms with van der Waals surface area (Å²) in [6.45, 7) is 0.389. The number of thioether (sulfide) groups is 1. The molecular formula is C31H35BrN2O2S. The number of rotatable bonds is 11. The Morgan fingerprint density at radius 2 is 1.51 bits per heavy atom. The quantitative estimate of drug-likeness (QED) is 0.273. The van der Waals surface area contributed by atoms with Crippen LogP contribution in [0, 0.1) is 0 Å². The van der Waals surface area contributed by atoms with E-state index in [1.54, 1.807) is 16.7 Å². The van der Waals surface area contributed by atoms with Gasteiger partial charge in [0.05, 0.1) is 5.75 Å². The monoisotopic (exact) mass is 578 g/mol. The molecule has 0 spiro atoms. The van der Waals surface area contributed by atoms with Crippen molar-refractivity contribution >= 4 is 39.5 Å². The number of hydrogen-bond acceptors (Lipinski definition) is 3. The maximum Gasteiger partial charge on any atom is 0.243 e. The average Bonchev–Trinajstić information content (AvgIpc) is 2.92. The molecule has 0 saturated heterocycles. The van der Waals surface area contributed by atoms with Gasteiger partial charge in [-0.3, -0.25) is 9.59 Å². The van der Waals surface area contributed by atoms with E-state index < -0.39 is 6.04 Å². The molecule has 0 heterocycles. The van der Waals surface area contributed by atoms with E-state index in [0.29, 0.717) is 18.7 Å². The first-order chi connectivity index (χ1) is 18.1. The van der Waals surface area contributed by atoms with Crippen LogP contribution in [0.25, 0.3) is 0 Å². The van der Waals surface area contributed by atoms with Crippen molar-refractivity contribution in [2.45, 2.75) is 62.9 Å². The molecule has 0 bridgehead atoms. The van der Waals surface area contributed by atoms with Crippen LogP contribution in [-0.4, -0.2) is 34.6 Å². The number of carbonyl (C=O) groups excluding carboxylic acids is 2. The van der Waals surface area contributed by atoms with Crippen molar-refractivity contribution in [1.82, 2.24) is 10.2 Å². The van der Waals surface area contributed by atoms with Crippen molar-refractivity contribution in [2.75, 3.05) is 5.75 Å². The van der Waals surface area contributed by atoms with E-state index in [4.69, 9.17) is 0 Å². The van der Waals surface area contributed by atoms with E-state index in [1.807, 2.05) is 72.8 Å². The van der Waals surface area contributed by atoms with Gasteiger partial charge in [0.25, 0.3) is 0 Å². The second-order valence-electron chi connectivity index (χ2n) is 9.68. The second kappa shape index (κ2) is 14.4. The lowest BCUT2D eigenvalue weighted by molar-refractivity contribution is -0.139. The Labute approximate surface area is 233 Å². The summed E-state index contributed by atoms with van der Waals surface area (Å²) >= 11 is 5.15. The molecular weight excluding hydrogens is 544 g/mol. The molecule has 1 saturated carbocycles. The first-order valence-electron chi connectivity index (χ1n) is 13.1. The minimum Gasteiger partial charge on any atom is -0.352 e. The van der Waals surface area contributed by atoms with Crippen LogP contribution in [0.4, 0.5) is 0 Å². The van der Waals surface area contributed by atoms with Crippen LogP contribution in [0.15, 0.2) is 89.4 Å². The third kappa shape index (κ3) is 8.75. The average molecular weight is 580 g/mol. The molecule has 1 aliphatic carbocycles. The van der Waals surface area contributed by atoms with Crippen molar-refractivity contribution in [3.63, 3.8) is 0 Å². The second-order valence-corrected chi connectivity index (χ2v) is 11.6. The zero-order chi connectivity index (χ0) is 25.9. The normalized spacial score (nSPS) is 14.6. The zero-order valence-electron chi connectivity index (χ0n) is 21.2. The molecule has 4 rings (SSSR count). The molecule has 4 nitrogen and oxygen atoms in total. The molecule has 6 heteroatoms. The van der Waals surface area contributed by atoms with E-state index in [9.17, 15) is 9.59 Å². The van der Waals surface area contributed by atoms with Crippen LogP contribution < -0.4 is 5.32 Å². The highest BCUT2D eigenvalue weighted by atomic mass is 79.9. The highest BCUT2D eigenvalue weighted by molar-refractivity contribution is 9.10. The maximum atomic E-state index is 13.8. The molecule has 37 heavy (non-hydrogen) atoms. The van der Waals surface area contributed by atoms with Gasteiger partial charge in [-0.2, -0.15) is 0 Å². The number of halogens is 1. The van der Waals surface area contributed by atoms with Gasteiger partial charge in [0.1, 0.15) is 6.04 Å². The summed E-state index contributed by atoms with van der Waals surface area (Å²) < 4.78 is 0.960. The number of benzene rings is 3. The first kappa shape index (κ1) is 27.5. The molecule has 1 N–H and O–H groups in total. The van der Waals surface area contributed by atoms with Gasteiger partial charge in [0.2, 0.25) is 11.8 Å². The number of carbonyl (C=O) groups is 2. The fraction of sp³-hybridized carbons (Fsp3) is 0.355. The Hall–Kier alpha value is -2.57. The number of nitrogens with zero attached hydrogens (tertiary/aromatic N) is 1. The molecule has 0 radical (unpaired) electrons. The third-order valence-corrected chi connectivity index (χ3v) is 8.28. The Kier molecular flexibility index (Phi) is 10.7. The van der Waals surface area contributed by atoms with E-state index in [1.165, 1.54) is 12.0 Å². The zero-order valence-corrected chi connectivity index (χ0v) is 23.6. The maximum absolute atomic E-state index is 13.8. The Bertz CT molecular complexity index is 1140. The lowest BCUT2D eigenvalue weighted by atomic mass is 9.94. The van der Waals surface area contributed by atoms with Gasteiger partial charge in [-0.05, 0) is 41.7 Å². The van der Waals surface area contributed by atoms with Crippen LogP contribution >= 0.6 is 27.7 Å². The summed E-state index contributed by atoms with van der Waals surface area (Å²) in [5, 5.41) is 3.30. The smallest absolute Gasteiger partial charge is 0.243 e. The molecule has 0 aliphatic heterocycles. The summed E-state index contributed by atoms with van der Waals surface area (Å²) in [7, 11) is 0. The molecule has 2 amide bonds. The van der Waals surface area contributed by atoms with Gasteiger partial charge in [0, 0.05) is 29.2 Å². The first-order valence-corrected chi connectivity index (χ1v) is 15.0. The molecule has 1 atom stereocenters. The van der Waals surface area contributed by atoms with Crippen molar-refractivity contribution in [2.24, 2.45) is 0 Å². The fourth-order valence-electron chi connectivity index (χ4n) is 4.84. The number of hydrogen-bond donors (Lipinski definition) is 1. The third-order valence-electron chi connectivity index (χ3n) is 6.80. The topological polar surface area (TPSA) is 49.4 Å². The SMILES string of the molecule is O=C(NC1CCCCC1)[C@@H](Cc1ccccc1)N(Cc1cccc(Br)c1)C(=O)CSCc1ccccc1. The van der Waals surface area contributed by atoms with Crippen molar-refractivity contribution < 1.29 is 9.59 Å². The lowest BCUT2D eigenvalue weighted by Gasteiger charge is -2.33. The summed E-state index contributed by atoms with van der Waals surface area (Å²) in [6.07, 6.45) is 6.03. The highest BCUT2D eigenvalue weighted by Crippen LogP contribution is 2.22. The predicted octanol–water partition coefficient (Wildman–Crippen LogP) is 6.77. The van der Waals surface area contributed by atoms with Crippen molar-refractivity contribution in [3.05, 3.63) is 106 Å². The minimum atomic E-state index is -0.576. The minimum absolute atomic E-state index is 0.0133. The van der Waals surface area contributed by atoms with Crippen LogP contribution in [0.1, 0.15) is 48.8 Å². The number of amides is 2. The number of nitrogens with one attached hydrogen (secondary N) is 1. The molecule has 1 aliphatic rings. The fourth-order valence-corrected chi connectivity index (χ4v) is 6.16. The lowest BCUT2D eigenvalue weighted by Crippen LogP contribution is -2.53. The molecule has 0 unspecified atom stereocenters. The largest absolute Gasteiger partial charge is 0.352 e. The molecule has 1 fully saturated rings. The van der Waals surface area contributed by atoms with Crippen LogP contribution in [-0.2, 0) is 28.3 Å². The van der Waals surface area contributed by atoms with Gasteiger partial charge in [-0.15, -0.1) is 11.8 Å². The van der Waals surface area contributed by atoms with E-state index in [2.05, 4.69) is 33.4 Å². The summed E-state index contributed by atoms with van der Waals surface area (Å²) in [5.41, 5.74) is 3.24. The van der Waals surface area contributed by atoms with Gasteiger partial charge in [0.15, 0.2) is 0 Å². The van der Waals surface area contributed by atoms with Gasteiger partial charge in [-0.25, -0.2) is 0 Å². The van der Waals surface area contributed by atoms with Crippen molar-refractivity contribution in [3.8, 4) is 0 Å². The molecule has 3 aromatic carbocycles. The van der Waals surface area contributed by atoms with Gasteiger partial charge in [-0.1, -0.05) is 108 Å². The van der Waals surface area contributed by atoms with E-state index in [-0.39, 0.29) is 17.9 Å². The summed E-state index contributed by atoms with van der Waals surface area (Å²) in [5.74, 6) is 1.02. The Morgan fingerprint density at radius 1 is 0.865 bits per heavy atom. The van der Waals surface area contributed by atoms with E-state index in [0.717, 1.165) is 47.0 Å². The Balaban J connectivity index is 1.56. The molecule has 0 aromatic heterocycles. The highest BCUT2D eigenvalue weighted by Gasteiger charge is 2.31. The standard InChI is InChI=1S/C31H35BrN2O2S/c32-27-16-10-15-26(19-27)21-34(30(35)23-37-22-25-13-6-2-7-14-25)29(20-24-11-4-1-5-12-24)31(36)33-28-17-8-3-9-18-28/h1-2,4-7,10-16,19,28-29H,3,8-9,17-18,20-23H2,(H,33,36)/t29-/m1/s1. The van der Waals surface area contributed by atoms with Crippen LogP contribution in [0.3, 0.4) is 0 Å². The molecule has 3 aromatic rings.